The van der Waals surface area contributed by atoms with Gasteiger partial charge in [-0.05, 0) is 259 Å². The van der Waals surface area contributed by atoms with E-state index >= 15 is 0 Å². The minimum atomic E-state index is -0.672. The average molecular weight is 2210 g/mol. The van der Waals surface area contributed by atoms with Crippen molar-refractivity contribution in [2.45, 2.75) is 372 Å². The van der Waals surface area contributed by atoms with Gasteiger partial charge >= 0.3 is 18.3 Å². The molecule has 18 nitrogen and oxygen atoms in total. The molecule has 13 N–H and O–H groups in total. The van der Waals surface area contributed by atoms with Crippen molar-refractivity contribution in [3.63, 3.8) is 0 Å². The smallest absolute Gasteiger partial charge is 0.407 e. The van der Waals surface area contributed by atoms with E-state index < -0.39 is 87.7 Å². The van der Waals surface area contributed by atoms with Crippen molar-refractivity contribution in [1.82, 2.24) is 31.9 Å². The maximum absolute atomic E-state index is 13.9. The Bertz CT molecular complexity index is 4830. The van der Waals surface area contributed by atoms with E-state index in [1.807, 2.05) is 0 Å². The number of halogens is 8. The summed E-state index contributed by atoms with van der Waals surface area (Å²) in [5, 5.41) is 25.7. The molecule has 0 aromatic heterocycles. The van der Waals surface area contributed by atoms with Gasteiger partial charge in [0.1, 0.15) is 69.4 Å². The number of epoxide rings is 1. The first-order valence-corrected chi connectivity index (χ1v) is 50.0. The number of hydrogen-bond acceptors (Lipinski definition) is 16. The molecule has 7 aromatic rings. The molecule has 4 amide bonds. The number of aliphatic hydroxyl groups excluding tert-OH is 1. The van der Waals surface area contributed by atoms with E-state index in [9.17, 15) is 54.3 Å². The molecule has 2 heterocycles. The standard InChI is InChI=1S/C31H44F2N2O2S.C28H38F2N2OS.C16H25N.C15H19F2NO3.C15H19F2NO2S.CH4N2S.CH4O.3CH4.5H2S/c1-29(2,3)22-11-10-12-23(18-22)31(13-8-7-9-14-31)34-20-27(38)26(35-28(36)37-30(4,5)6)17-21-15-24(32)19-25(33)16-21;1-19(33)32-25(15-20-13-23(29)17-24(30)14-20)26(34)18-31-28(11-6-5-7-12-28)22-10-8-9-21(16-22)27(2,3)4;1-15(2,3)13-8-7-9-14(12-13)16(17)10-5-4-6-11-16;1-15(2,3)21-14(19)18-12(13-8-20-13)6-9-4-10(16)7-11(17)5-9;1-15(2,3)20-14(19)18-12(13-8-21-13)6-9-4-10(16)7-11(17)5-9;2-1(3)4;1-2;;;;;;;;/h10-12,15-16,18-19,26-27,34,38H,7-9,13-14,17,20H2,1-6H3,(H,35,36);8-10,13-14,16-17,25-26,31,34H,5-7,11-12,15,18H2,1-4H3,(H,32,33);7-9,12H,4-6,10-11,17H2,1-3H3;2*4-5,7,12-13H,6,8H2,1-3H3,(H,18,19);(H4,2,3,4);2H,1H3;3*1H4;5*1H2/t26-,27+;25-,26+;;2*12?,13-;;;;;;;;;;/m00.01........../s1. The lowest BCUT2D eigenvalue weighted by Gasteiger charge is -2.41. The molecule has 3 saturated carbocycles. The van der Waals surface area contributed by atoms with E-state index in [2.05, 4.69) is 191 Å². The summed E-state index contributed by atoms with van der Waals surface area (Å²) in [6, 6.07) is 38.8. The Labute approximate surface area is 918 Å². The molecule has 5 aliphatic rings. The molecule has 2 saturated heterocycles. The third-order valence-corrected chi connectivity index (χ3v) is 26.0. The van der Waals surface area contributed by atoms with Crippen LogP contribution in [0.5, 0.6) is 0 Å². The number of benzene rings is 7. The number of nitrogens with one attached hydrogen (secondary N) is 6. The van der Waals surface area contributed by atoms with Gasteiger partial charge in [-0.15, -0.1) is 0 Å². The molecule has 12 rings (SSSR count). The Morgan fingerprint density at radius 2 is 0.676 bits per heavy atom. The van der Waals surface area contributed by atoms with Crippen LogP contribution in [0, 0.1) is 46.5 Å². The van der Waals surface area contributed by atoms with Crippen LogP contribution in [-0.4, -0.2) is 130 Å². The van der Waals surface area contributed by atoms with Crippen LogP contribution >= 0.6 is 117 Å². The zero-order chi connectivity index (χ0) is 102. The molecule has 2 aliphatic heterocycles. The summed E-state index contributed by atoms with van der Waals surface area (Å²) in [7, 11) is 1.00. The van der Waals surface area contributed by atoms with Gasteiger partial charge in [0.15, 0.2) is 5.11 Å². The van der Waals surface area contributed by atoms with Crippen LogP contribution in [0.1, 0.15) is 306 Å². The molecular weight excluding hydrogens is 2030 g/mol. The largest absolute Gasteiger partial charge is 0.444 e. The van der Waals surface area contributed by atoms with Crippen LogP contribution in [0.2, 0.25) is 0 Å². The van der Waals surface area contributed by atoms with E-state index in [0.717, 1.165) is 101 Å². The number of carbonyl (C=O) groups is 4. The Morgan fingerprint density at radius 3 is 0.952 bits per heavy atom. The van der Waals surface area contributed by atoms with E-state index in [4.69, 9.17) is 55.0 Å². The zero-order valence-electron chi connectivity index (χ0n) is 86.4. The Kier molecular flexibility index (Phi) is 64.0. The highest BCUT2D eigenvalue weighted by Crippen LogP contribution is 2.43. The average Bonchev–Trinajstić information content (AvgIpc) is 1.68. The molecular formula is C110H175F8N9O9S9. The zero-order valence-corrected chi connectivity index (χ0v) is 94.8. The summed E-state index contributed by atoms with van der Waals surface area (Å²) in [4.78, 5) is 48.2. The van der Waals surface area contributed by atoms with Gasteiger partial charge in [0.2, 0.25) is 5.91 Å². The SMILES string of the molecule is C.C.C.CC(=O)N[C@@H](Cc1cc(F)cc(F)c1)[C@H](S)CNC1(c2cccc(C(C)(C)C)c2)CCCCC1.CC(C)(C)OC(=O)NC(Cc1cc(F)cc(F)c1)[C@@H]1CO1.CC(C)(C)OC(=O)NC(Cc1cc(F)cc(F)c1)[C@H]1CS1.CC(C)(C)OC(=O)N[C@@H](Cc1cc(F)cc(F)c1)[C@H](S)CNC1(c2cccc(C(C)(C)C)c2)CCCCC1.CC(C)(C)c1cccc(C2(N)CCCCC2)c1.CO.NC(N)=S.S.S.S.S.S. The number of alkyl carbamates (subject to hydrolysis) is 3. The van der Waals surface area contributed by atoms with Gasteiger partial charge in [0.25, 0.3) is 0 Å². The molecule has 5 fully saturated rings. The number of nitrogens with two attached hydrogens (primary N) is 3. The Morgan fingerprint density at radius 1 is 0.421 bits per heavy atom. The molecule has 35 heteroatoms. The van der Waals surface area contributed by atoms with Gasteiger partial charge < -0.3 is 73.2 Å². The molecule has 3 aliphatic carbocycles. The number of thioether (sulfide) groups is 1. The van der Waals surface area contributed by atoms with Gasteiger partial charge in [-0.1, -0.05) is 215 Å². The molecule has 7 aromatic carbocycles. The van der Waals surface area contributed by atoms with Crippen molar-refractivity contribution in [3.05, 3.63) is 248 Å². The third kappa shape index (κ3) is 52.9. The maximum atomic E-state index is 13.9. The fourth-order valence-electron chi connectivity index (χ4n) is 16.9. The summed E-state index contributed by atoms with van der Waals surface area (Å²) < 4.78 is 129. The lowest BCUT2D eigenvalue weighted by Crippen LogP contribution is -2.52. The van der Waals surface area contributed by atoms with Gasteiger partial charge in [-0.2, -0.15) is 104 Å². The molecule has 0 bridgehead atoms. The minimum Gasteiger partial charge on any atom is -0.444 e. The first-order chi connectivity index (χ1) is 63.7. The molecule has 0 spiro atoms. The Balaban J connectivity index is -0.00000174. The summed E-state index contributed by atoms with van der Waals surface area (Å²) in [6.07, 6.45) is 16.7. The number of carbonyl (C=O) groups excluding carboxylic acids is 4. The van der Waals surface area contributed by atoms with Crippen LogP contribution in [0.3, 0.4) is 0 Å². The van der Waals surface area contributed by atoms with Crippen molar-refractivity contribution in [2.75, 3.05) is 32.6 Å². The fourth-order valence-corrected chi connectivity index (χ4v) is 18.2. The molecule has 824 valence electrons. The predicted octanol–water partition coefficient (Wildman–Crippen LogP) is 25.2. The van der Waals surface area contributed by atoms with Crippen molar-refractivity contribution < 1.29 is 78.4 Å². The third-order valence-electron chi connectivity index (χ3n) is 23.9. The second kappa shape index (κ2) is 65.1. The van der Waals surface area contributed by atoms with Gasteiger partial charge in [-0.3, -0.25) is 4.79 Å². The number of hydrogen-bond donors (Lipinski definition) is 12. The second-order valence-corrected chi connectivity index (χ2v) is 45.6. The number of thiocarbonyl (C=S) groups is 1. The number of amides is 4. The van der Waals surface area contributed by atoms with Crippen molar-refractivity contribution in [2.24, 2.45) is 17.2 Å². The van der Waals surface area contributed by atoms with E-state index in [1.54, 1.807) is 74.1 Å². The van der Waals surface area contributed by atoms with Crippen molar-refractivity contribution in [1.29, 1.82) is 0 Å². The Hall–Kier alpha value is -6.45. The van der Waals surface area contributed by atoms with Crippen LogP contribution in [0.25, 0.3) is 0 Å². The fraction of sp³-hybridized carbons (Fsp3) is 0.573. The highest BCUT2D eigenvalue weighted by Gasteiger charge is 2.41. The topological polar surface area (TPSA) is 279 Å². The van der Waals surface area contributed by atoms with Crippen molar-refractivity contribution in [3.8, 4) is 0 Å². The lowest BCUT2D eigenvalue weighted by atomic mass is 9.74. The van der Waals surface area contributed by atoms with E-state index in [0.29, 0.717) is 54.8 Å². The minimum absolute atomic E-state index is 0. The van der Waals surface area contributed by atoms with E-state index in [1.165, 1.54) is 121 Å². The van der Waals surface area contributed by atoms with Crippen LogP contribution in [-0.2, 0) is 82.3 Å². The second-order valence-electron chi connectivity index (χ2n) is 42.5. The quantitative estimate of drug-likeness (QED) is 0.00833. The molecule has 2 unspecified atom stereocenters. The number of ether oxygens (including phenoxy) is 4. The van der Waals surface area contributed by atoms with Gasteiger partial charge in [0, 0.05) is 108 Å². The van der Waals surface area contributed by atoms with E-state index in [-0.39, 0.29) is 186 Å². The van der Waals surface area contributed by atoms with Gasteiger partial charge in [-0.25, -0.2) is 49.5 Å². The summed E-state index contributed by atoms with van der Waals surface area (Å²) in [5.74, 6) is -4.29. The van der Waals surface area contributed by atoms with Crippen LogP contribution in [0.4, 0.5) is 49.5 Å². The maximum Gasteiger partial charge on any atom is 0.407 e. The monoisotopic (exact) mass is 2210 g/mol. The highest BCUT2D eigenvalue weighted by atomic mass is 32.2. The summed E-state index contributed by atoms with van der Waals surface area (Å²) in [6.45, 7) is 39.2. The summed E-state index contributed by atoms with van der Waals surface area (Å²) >= 11 is 15.5. The predicted molar refractivity (Wildman–Crippen MR) is 620 cm³/mol. The van der Waals surface area contributed by atoms with Crippen molar-refractivity contribution >= 4 is 146 Å². The number of thiol groups is 2. The molecule has 8 atom stereocenters. The highest BCUT2D eigenvalue weighted by molar-refractivity contribution is 8.07. The number of aliphatic hydroxyl groups is 1. The molecule has 145 heavy (non-hydrogen) atoms. The first kappa shape index (κ1) is 143. The lowest BCUT2D eigenvalue weighted by molar-refractivity contribution is -0.119. The normalized spacial score (nSPS) is 16.8. The van der Waals surface area contributed by atoms with Gasteiger partial charge in [0.05, 0.1) is 12.6 Å². The number of rotatable bonds is 25. The molecule has 0 radical (unpaired) electrons. The van der Waals surface area contributed by atoms with Crippen LogP contribution < -0.4 is 49.1 Å². The van der Waals surface area contributed by atoms with Crippen LogP contribution in [0.15, 0.2) is 146 Å². The first-order valence-electron chi connectivity index (χ1n) is 47.5. The summed E-state index contributed by atoms with van der Waals surface area (Å²) in [5.41, 5.74) is 23.7.